The number of benzene rings is 1. The summed E-state index contributed by atoms with van der Waals surface area (Å²) in [5, 5.41) is 9.73. The van der Waals surface area contributed by atoms with Crippen molar-refractivity contribution in [2.75, 3.05) is 7.05 Å². The zero-order valence-corrected chi connectivity index (χ0v) is 16.6. The van der Waals surface area contributed by atoms with Crippen molar-refractivity contribution in [3.05, 3.63) is 44.7 Å². The lowest BCUT2D eigenvalue weighted by molar-refractivity contribution is -0.134. The molecule has 26 heavy (non-hydrogen) atoms. The van der Waals surface area contributed by atoms with Gasteiger partial charge in [0.25, 0.3) is 0 Å². The van der Waals surface area contributed by atoms with Crippen LogP contribution in [0.4, 0.5) is 0 Å². The Morgan fingerprint density at radius 2 is 2.12 bits per heavy atom. The Morgan fingerprint density at radius 3 is 2.81 bits per heavy atom. The van der Waals surface area contributed by atoms with Crippen LogP contribution < -0.4 is 5.43 Å². The molecular weight excluding hydrogens is 394 g/mol. The Bertz CT molecular complexity index is 944. The first-order valence-electron chi connectivity index (χ1n) is 8.91. The van der Waals surface area contributed by atoms with Crippen molar-refractivity contribution >= 4 is 32.7 Å². The molecule has 1 saturated carbocycles. The number of fused-ring (bicyclic) bond motifs is 1. The molecule has 0 spiro atoms. The van der Waals surface area contributed by atoms with Crippen LogP contribution in [0.25, 0.3) is 10.9 Å². The normalized spacial score (nSPS) is 19.9. The summed E-state index contributed by atoms with van der Waals surface area (Å²) in [5.74, 6) is 0.495. The number of aromatic nitrogens is 1. The second-order valence-electron chi connectivity index (χ2n) is 7.11. The molecule has 2 unspecified atom stereocenters. The molecule has 0 bridgehead atoms. The molecule has 0 aliphatic heterocycles. The van der Waals surface area contributed by atoms with Crippen molar-refractivity contribution < 1.29 is 4.79 Å². The highest BCUT2D eigenvalue weighted by atomic mass is 79.9. The Labute approximate surface area is 161 Å². The number of hydrogen-bond acceptors (Lipinski definition) is 3. The predicted molar refractivity (Wildman–Crippen MR) is 105 cm³/mol. The highest BCUT2D eigenvalue weighted by Gasteiger charge is 2.28. The molecule has 5 nitrogen and oxygen atoms in total. The zero-order chi connectivity index (χ0) is 18.8. The van der Waals surface area contributed by atoms with Crippen LogP contribution in [0, 0.1) is 17.2 Å². The molecule has 1 heterocycles. The Morgan fingerprint density at radius 1 is 1.38 bits per heavy atom. The van der Waals surface area contributed by atoms with Gasteiger partial charge >= 0.3 is 0 Å². The summed E-state index contributed by atoms with van der Waals surface area (Å²) in [6.45, 7) is 2.32. The number of likely N-dealkylation sites (N-methyl/N-ethyl adjacent to an activating group) is 1. The summed E-state index contributed by atoms with van der Waals surface area (Å²) >= 11 is 3.36. The smallest absolute Gasteiger partial charge is 0.242 e. The van der Waals surface area contributed by atoms with Gasteiger partial charge in [0.05, 0.1) is 5.52 Å². The summed E-state index contributed by atoms with van der Waals surface area (Å²) in [6.07, 6.45) is 6.06. The summed E-state index contributed by atoms with van der Waals surface area (Å²) in [7, 11) is 1.86. The van der Waals surface area contributed by atoms with Crippen LogP contribution in [0.15, 0.2) is 33.7 Å². The lowest BCUT2D eigenvalue weighted by Gasteiger charge is -2.36. The van der Waals surface area contributed by atoms with Crippen molar-refractivity contribution in [2.24, 2.45) is 5.92 Å². The van der Waals surface area contributed by atoms with E-state index in [2.05, 4.69) is 22.9 Å². The molecule has 0 N–H and O–H groups in total. The SMILES string of the molecule is CC1CCCCC1N(C)C(=O)Cn1cc(C#N)c(=O)c2cc(Br)ccc21. The number of carbonyl (C=O) groups excluding carboxylic acids is 1. The standard InChI is InChI=1S/C20H22BrN3O2/c1-13-5-3-4-6-17(13)23(2)19(25)12-24-11-14(10-22)20(26)16-9-15(21)7-8-18(16)24/h7-9,11,13,17H,3-6,12H2,1-2H3. The van der Waals surface area contributed by atoms with Crippen LogP contribution in [-0.4, -0.2) is 28.5 Å². The fraction of sp³-hybridized carbons (Fsp3) is 0.450. The first-order chi connectivity index (χ1) is 12.4. The third kappa shape index (κ3) is 3.54. The molecule has 0 saturated heterocycles. The average molecular weight is 416 g/mol. The maximum Gasteiger partial charge on any atom is 0.242 e. The molecular formula is C20H22BrN3O2. The van der Waals surface area contributed by atoms with Crippen LogP contribution in [0.1, 0.15) is 38.2 Å². The van der Waals surface area contributed by atoms with Gasteiger partial charge in [0.15, 0.2) is 0 Å². The molecule has 1 aliphatic carbocycles. The van der Waals surface area contributed by atoms with E-state index in [0.717, 1.165) is 23.7 Å². The van der Waals surface area contributed by atoms with Crippen molar-refractivity contribution in [1.29, 1.82) is 5.26 Å². The molecule has 3 rings (SSSR count). The van der Waals surface area contributed by atoms with Gasteiger partial charge in [0.2, 0.25) is 11.3 Å². The van der Waals surface area contributed by atoms with Gasteiger partial charge in [-0.1, -0.05) is 35.7 Å². The second-order valence-corrected chi connectivity index (χ2v) is 8.02. The fourth-order valence-corrected chi connectivity index (χ4v) is 4.26. The van der Waals surface area contributed by atoms with Crippen molar-refractivity contribution in [2.45, 2.75) is 45.2 Å². The lowest BCUT2D eigenvalue weighted by atomic mass is 9.85. The van der Waals surface area contributed by atoms with E-state index in [9.17, 15) is 14.9 Å². The third-order valence-electron chi connectivity index (χ3n) is 5.43. The van der Waals surface area contributed by atoms with Crippen LogP contribution in [0.5, 0.6) is 0 Å². The first-order valence-corrected chi connectivity index (χ1v) is 9.70. The number of pyridine rings is 1. The number of rotatable bonds is 3. The third-order valence-corrected chi connectivity index (χ3v) is 5.92. The summed E-state index contributed by atoms with van der Waals surface area (Å²) in [5.41, 5.74) is 0.412. The summed E-state index contributed by atoms with van der Waals surface area (Å²) in [4.78, 5) is 27.2. The van der Waals surface area contributed by atoms with E-state index >= 15 is 0 Å². The molecule has 2 atom stereocenters. The highest BCUT2D eigenvalue weighted by Crippen LogP contribution is 2.27. The monoisotopic (exact) mass is 415 g/mol. The number of nitrogens with zero attached hydrogens (tertiary/aromatic N) is 3. The largest absolute Gasteiger partial charge is 0.341 e. The van der Waals surface area contributed by atoms with Crippen molar-refractivity contribution in [3.63, 3.8) is 0 Å². The summed E-state index contributed by atoms with van der Waals surface area (Å²) in [6, 6.07) is 7.54. The van der Waals surface area contributed by atoms with Crippen LogP contribution >= 0.6 is 15.9 Å². The topological polar surface area (TPSA) is 66.1 Å². The lowest BCUT2D eigenvalue weighted by Crippen LogP contribution is -2.44. The molecule has 1 aromatic heterocycles. The van der Waals surface area contributed by atoms with Gasteiger partial charge in [0, 0.05) is 29.1 Å². The van der Waals surface area contributed by atoms with Crippen molar-refractivity contribution in [1.82, 2.24) is 9.47 Å². The molecule has 1 amide bonds. The van der Waals surface area contributed by atoms with Gasteiger partial charge in [-0.05, 0) is 37.0 Å². The average Bonchev–Trinajstić information content (AvgIpc) is 2.63. The number of hydrogen-bond donors (Lipinski definition) is 0. The summed E-state index contributed by atoms with van der Waals surface area (Å²) < 4.78 is 2.48. The van der Waals surface area contributed by atoms with Crippen LogP contribution in [0.3, 0.4) is 0 Å². The molecule has 1 aliphatic rings. The van der Waals surface area contributed by atoms with Gasteiger partial charge in [-0.25, -0.2) is 0 Å². The first kappa shape index (κ1) is 18.7. The number of carbonyl (C=O) groups is 1. The van der Waals surface area contributed by atoms with Crippen LogP contribution in [-0.2, 0) is 11.3 Å². The quantitative estimate of drug-likeness (QED) is 0.767. The van der Waals surface area contributed by atoms with Gasteiger partial charge in [-0.2, -0.15) is 5.26 Å². The van der Waals surface area contributed by atoms with E-state index in [1.54, 1.807) is 16.7 Å². The fourth-order valence-electron chi connectivity index (χ4n) is 3.89. The predicted octanol–water partition coefficient (Wildman–Crippen LogP) is 3.67. The van der Waals surface area contributed by atoms with E-state index in [1.807, 2.05) is 24.1 Å². The van der Waals surface area contributed by atoms with Gasteiger partial charge < -0.3 is 9.47 Å². The van der Waals surface area contributed by atoms with Gasteiger partial charge in [-0.3, -0.25) is 9.59 Å². The molecule has 1 fully saturated rings. The van der Waals surface area contributed by atoms with Gasteiger partial charge in [-0.15, -0.1) is 0 Å². The Hall–Kier alpha value is -2.13. The molecule has 136 valence electrons. The second kappa shape index (κ2) is 7.63. The molecule has 0 radical (unpaired) electrons. The minimum absolute atomic E-state index is 0.000470. The van der Waals surface area contributed by atoms with Gasteiger partial charge in [0.1, 0.15) is 18.2 Å². The number of nitriles is 1. The van der Waals surface area contributed by atoms with Crippen molar-refractivity contribution in [3.8, 4) is 6.07 Å². The van der Waals surface area contributed by atoms with Crippen LogP contribution in [0.2, 0.25) is 0 Å². The highest BCUT2D eigenvalue weighted by molar-refractivity contribution is 9.10. The number of halogens is 1. The molecule has 1 aromatic carbocycles. The van der Waals surface area contributed by atoms with E-state index in [0.29, 0.717) is 16.8 Å². The van der Waals surface area contributed by atoms with E-state index in [-0.39, 0.29) is 29.5 Å². The minimum atomic E-state index is -0.304. The Kier molecular flexibility index (Phi) is 5.47. The number of amides is 1. The zero-order valence-electron chi connectivity index (χ0n) is 15.0. The molecule has 6 heteroatoms. The minimum Gasteiger partial charge on any atom is -0.341 e. The maximum absolute atomic E-state index is 12.9. The van der Waals surface area contributed by atoms with E-state index in [4.69, 9.17) is 0 Å². The Balaban J connectivity index is 1.95. The van der Waals surface area contributed by atoms with E-state index in [1.165, 1.54) is 12.6 Å². The maximum atomic E-state index is 12.9. The van der Waals surface area contributed by atoms with E-state index < -0.39 is 0 Å². The molecule has 2 aromatic rings.